The van der Waals surface area contributed by atoms with E-state index in [0.29, 0.717) is 28.3 Å². The van der Waals surface area contributed by atoms with Crippen molar-refractivity contribution in [3.63, 3.8) is 0 Å². The lowest BCUT2D eigenvalue weighted by Crippen LogP contribution is -2.49. The topological polar surface area (TPSA) is 58.6 Å². The first kappa shape index (κ1) is 23.7. The molecular weight excluding hydrogens is 524 g/mol. The van der Waals surface area contributed by atoms with Crippen LogP contribution in [0, 0.1) is 0 Å². The van der Waals surface area contributed by atoms with Crippen molar-refractivity contribution >= 4 is 55.3 Å². The molecule has 2 amide bonds. The summed E-state index contributed by atoms with van der Waals surface area (Å²) in [5.74, 6) is 0.0297. The van der Waals surface area contributed by atoms with Crippen LogP contribution in [-0.2, 0) is 16.1 Å². The Morgan fingerprint density at radius 3 is 2.62 bits per heavy atom. The minimum absolute atomic E-state index is 0.192. The van der Waals surface area contributed by atoms with Gasteiger partial charge in [0.25, 0.3) is 5.91 Å². The van der Waals surface area contributed by atoms with Crippen molar-refractivity contribution in [1.29, 1.82) is 0 Å². The summed E-state index contributed by atoms with van der Waals surface area (Å²) >= 11 is 12.8. The van der Waals surface area contributed by atoms with Crippen LogP contribution in [-0.4, -0.2) is 35.9 Å². The Morgan fingerprint density at radius 1 is 1.21 bits per heavy atom. The largest absolute Gasteiger partial charge is 0.483 e. The van der Waals surface area contributed by atoms with Gasteiger partial charge in [-0.25, -0.2) is 0 Å². The number of carbonyl (C=O) groups excluding carboxylic acids is 2. The second-order valence-electron chi connectivity index (χ2n) is 6.48. The van der Waals surface area contributed by atoms with Gasteiger partial charge in [0.05, 0.1) is 4.47 Å². The lowest BCUT2D eigenvalue weighted by Gasteiger charge is -2.29. The van der Waals surface area contributed by atoms with Gasteiger partial charge in [0.1, 0.15) is 11.8 Å². The number of nitrogens with one attached hydrogen (secondary N) is 1. The van der Waals surface area contributed by atoms with E-state index in [1.807, 2.05) is 31.2 Å². The molecule has 1 atom stereocenters. The average molecular weight is 547 g/mol. The van der Waals surface area contributed by atoms with Crippen molar-refractivity contribution in [2.45, 2.75) is 32.9 Å². The Hall–Kier alpha value is -1.57. The van der Waals surface area contributed by atoms with Gasteiger partial charge in [-0.2, -0.15) is 0 Å². The standard InChI is InChI=1S/C21H23Br2ClN2O3/c1-3-9-25-21(28)14(2)26(12-15-5-4-6-16(22)10-15)20(27)13-29-19-8-7-17(24)11-18(19)23/h4-8,10-11,14H,3,9,12-13H2,1-2H3,(H,25,28)/t14-/m1/s1. The molecule has 0 spiro atoms. The highest BCUT2D eigenvalue weighted by molar-refractivity contribution is 9.10. The normalized spacial score (nSPS) is 11.6. The predicted octanol–water partition coefficient (Wildman–Crippen LogP) is 5.19. The SMILES string of the molecule is CCCNC(=O)[C@@H](C)N(Cc1cccc(Br)c1)C(=O)COc1ccc(Cl)cc1Br. The van der Waals surface area contributed by atoms with Crippen molar-refractivity contribution < 1.29 is 14.3 Å². The Morgan fingerprint density at radius 2 is 1.97 bits per heavy atom. The van der Waals surface area contributed by atoms with E-state index in [-0.39, 0.29) is 18.4 Å². The van der Waals surface area contributed by atoms with Gasteiger partial charge >= 0.3 is 0 Å². The van der Waals surface area contributed by atoms with E-state index in [1.54, 1.807) is 25.1 Å². The van der Waals surface area contributed by atoms with Gasteiger partial charge in [-0.15, -0.1) is 0 Å². The van der Waals surface area contributed by atoms with Crippen LogP contribution in [0.4, 0.5) is 0 Å². The van der Waals surface area contributed by atoms with Gasteiger partial charge in [0.15, 0.2) is 6.61 Å². The first-order chi connectivity index (χ1) is 13.8. The van der Waals surface area contributed by atoms with E-state index in [2.05, 4.69) is 37.2 Å². The predicted molar refractivity (Wildman–Crippen MR) is 122 cm³/mol. The smallest absolute Gasteiger partial charge is 0.261 e. The zero-order valence-corrected chi connectivity index (χ0v) is 20.2. The Balaban J connectivity index is 2.15. The zero-order valence-electron chi connectivity index (χ0n) is 16.3. The van der Waals surface area contributed by atoms with Crippen molar-refractivity contribution in [1.82, 2.24) is 10.2 Å². The number of hydrogen-bond acceptors (Lipinski definition) is 3. The van der Waals surface area contributed by atoms with Gasteiger partial charge < -0.3 is 15.0 Å². The number of halogens is 3. The number of hydrogen-bond donors (Lipinski definition) is 1. The molecule has 0 aliphatic carbocycles. The molecular formula is C21H23Br2ClN2O3. The highest BCUT2D eigenvalue weighted by atomic mass is 79.9. The molecule has 0 aliphatic rings. The van der Waals surface area contributed by atoms with Crippen molar-refractivity contribution in [3.8, 4) is 5.75 Å². The maximum absolute atomic E-state index is 13.0. The van der Waals surface area contributed by atoms with E-state index in [1.165, 1.54) is 4.90 Å². The molecule has 0 heterocycles. The van der Waals surface area contributed by atoms with Crippen molar-refractivity contribution in [2.75, 3.05) is 13.2 Å². The first-order valence-corrected chi connectivity index (χ1v) is 11.2. The second-order valence-corrected chi connectivity index (χ2v) is 8.69. The Labute approximate surface area is 193 Å². The summed E-state index contributed by atoms with van der Waals surface area (Å²) < 4.78 is 7.24. The summed E-state index contributed by atoms with van der Waals surface area (Å²) in [4.78, 5) is 27.0. The molecule has 0 saturated heterocycles. The van der Waals surface area contributed by atoms with Gasteiger partial charge in [0, 0.05) is 22.6 Å². The number of rotatable bonds is 9. The molecule has 8 heteroatoms. The fourth-order valence-electron chi connectivity index (χ4n) is 2.63. The molecule has 0 saturated carbocycles. The number of carbonyl (C=O) groups is 2. The summed E-state index contributed by atoms with van der Waals surface area (Å²) in [6, 6.07) is 12.1. The van der Waals surface area contributed by atoms with Crippen molar-refractivity contribution in [3.05, 3.63) is 62.0 Å². The summed E-state index contributed by atoms with van der Waals surface area (Å²) in [5, 5.41) is 3.41. The maximum Gasteiger partial charge on any atom is 0.261 e. The second kappa shape index (κ2) is 11.6. The van der Waals surface area contributed by atoms with E-state index in [0.717, 1.165) is 16.5 Å². The molecule has 156 valence electrons. The molecule has 0 fully saturated rings. The van der Waals surface area contributed by atoms with E-state index < -0.39 is 6.04 Å². The van der Waals surface area contributed by atoms with Crippen LogP contribution in [0.15, 0.2) is 51.4 Å². The maximum atomic E-state index is 13.0. The molecule has 0 aromatic heterocycles. The lowest BCUT2D eigenvalue weighted by atomic mass is 10.1. The quantitative estimate of drug-likeness (QED) is 0.471. The molecule has 5 nitrogen and oxygen atoms in total. The fourth-order valence-corrected chi connectivity index (χ4v) is 3.87. The zero-order chi connectivity index (χ0) is 21.4. The third kappa shape index (κ3) is 7.32. The highest BCUT2D eigenvalue weighted by Crippen LogP contribution is 2.28. The third-order valence-electron chi connectivity index (χ3n) is 4.20. The molecule has 2 rings (SSSR count). The fraction of sp³-hybridized carbons (Fsp3) is 0.333. The lowest BCUT2D eigenvalue weighted by molar-refractivity contribution is -0.142. The van der Waals surface area contributed by atoms with E-state index >= 15 is 0 Å². The molecule has 0 aliphatic heterocycles. The molecule has 2 aromatic rings. The van der Waals surface area contributed by atoms with Crippen LogP contribution in [0.1, 0.15) is 25.8 Å². The molecule has 0 bridgehead atoms. The molecule has 2 aromatic carbocycles. The van der Waals surface area contributed by atoms with Gasteiger partial charge in [-0.3, -0.25) is 9.59 Å². The number of ether oxygens (including phenoxy) is 1. The summed E-state index contributed by atoms with van der Waals surface area (Å²) in [6.07, 6.45) is 0.825. The Kier molecular flexibility index (Phi) is 9.46. The van der Waals surface area contributed by atoms with Crippen LogP contribution in [0.25, 0.3) is 0 Å². The minimum Gasteiger partial charge on any atom is -0.483 e. The third-order valence-corrected chi connectivity index (χ3v) is 5.55. The molecule has 0 radical (unpaired) electrons. The van der Waals surface area contributed by atoms with Crippen LogP contribution < -0.4 is 10.1 Å². The molecule has 29 heavy (non-hydrogen) atoms. The molecule has 0 unspecified atom stereocenters. The van der Waals surface area contributed by atoms with E-state index in [9.17, 15) is 9.59 Å². The van der Waals surface area contributed by atoms with Crippen LogP contribution >= 0.6 is 43.5 Å². The highest BCUT2D eigenvalue weighted by Gasteiger charge is 2.26. The number of amides is 2. The monoisotopic (exact) mass is 544 g/mol. The van der Waals surface area contributed by atoms with Crippen LogP contribution in [0.2, 0.25) is 5.02 Å². The summed E-state index contributed by atoms with van der Waals surface area (Å²) in [6.45, 7) is 4.37. The van der Waals surface area contributed by atoms with Gasteiger partial charge in [-0.1, -0.05) is 46.6 Å². The molecule has 1 N–H and O–H groups in total. The summed E-state index contributed by atoms with van der Waals surface area (Å²) in [7, 11) is 0. The summed E-state index contributed by atoms with van der Waals surface area (Å²) in [5.41, 5.74) is 0.913. The van der Waals surface area contributed by atoms with Crippen LogP contribution in [0.3, 0.4) is 0 Å². The number of nitrogens with zero attached hydrogens (tertiary/aromatic N) is 1. The number of benzene rings is 2. The Bertz CT molecular complexity index is 864. The van der Waals surface area contributed by atoms with Gasteiger partial charge in [-0.05, 0) is 65.2 Å². The minimum atomic E-state index is -0.634. The van der Waals surface area contributed by atoms with Crippen LogP contribution in [0.5, 0.6) is 5.75 Å². The van der Waals surface area contributed by atoms with Crippen molar-refractivity contribution in [2.24, 2.45) is 0 Å². The average Bonchev–Trinajstić information content (AvgIpc) is 2.69. The van der Waals surface area contributed by atoms with Gasteiger partial charge in [0.2, 0.25) is 5.91 Å². The van der Waals surface area contributed by atoms with E-state index in [4.69, 9.17) is 16.3 Å². The first-order valence-electron chi connectivity index (χ1n) is 9.21.